The molecule has 2 atom stereocenters. The fourth-order valence-corrected chi connectivity index (χ4v) is 3.52. The molecule has 2 saturated heterocycles. The van der Waals surface area contributed by atoms with Gasteiger partial charge in [0.05, 0.1) is 18.7 Å². The number of benzene rings is 1. The molecule has 2 unspecified atom stereocenters. The van der Waals surface area contributed by atoms with Crippen molar-refractivity contribution >= 4 is 5.91 Å². The number of nitrogens with one attached hydrogen (secondary N) is 2. The van der Waals surface area contributed by atoms with Gasteiger partial charge in [-0.3, -0.25) is 4.79 Å². The molecule has 1 amide bonds. The van der Waals surface area contributed by atoms with E-state index in [1.807, 2.05) is 4.90 Å². The van der Waals surface area contributed by atoms with Crippen molar-refractivity contribution in [2.45, 2.75) is 38.3 Å². The summed E-state index contributed by atoms with van der Waals surface area (Å²) >= 11 is 0. The second-order valence-corrected chi connectivity index (χ2v) is 6.67. The average molecular weight is 331 g/mol. The van der Waals surface area contributed by atoms with Crippen molar-refractivity contribution < 1.29 is 9.53 Å². The maximum absolute atomic E-state index is 12.7. The Balaban J connectivity index is 1.57. The lowest BCUT2D eigenvalue weighted by Crippen LogP contribution is -2.51. The van der Waals surface area contributed by atoms with Crippen LogP contribution in [0.5, 0.6) is 0 Å². The molecule has 5 nitrogen and oxygen atoms in total. The lowest BCUT2D eigenvalue weighted by Gasteiger charge is -2.37. The highest BCUT2D eigenvalue weighted by molar-refractivity contribution is 5.79. The number of carbonyl (C=O) groups excluding carboxylic acids is 1. The van der Waals surface area contributed by atoms with E-state index in [-0.39, 0.29) is 18.1 Å². The van der Waals surface area contributed by atoms with Gasteiger partial charge < -0.3 is 20.3 Å². The zero-order chi connectivity index (χ0) is 16.8. The van der Waals surface area contributed by atoms with E-state index in [9.17, 15) is 4.79 Å². The van der Waals surface area contributed by atoms with E-state index in [4.69, 9.17) is 4.74 Å². The molecule has 2 heterocycles. The van der Waals surface area contributed by atoms with Crippen LogP contribution >= 0.6 is 0 Å². The zero-order valence-electron chi connectivity index (χ0n) is 14.6. The van der Waals surface area contributed by atoms with Crippen LogP contribution in [0.1, 0.15) is 36.9 Å². The fourth-order valence-electron chi connectivity index (χ4n) is 3.52. The number of hydrogen-bond acceptors (Lipinski definition) is 4. The molecule has 1 aromatic rings. The number of piperazine rings is 1. The molecule has 5 heteroatoms. The van der Waals surface area contributed by atoms with Crippen LogP contribution in [0.15, 0.2) is 24.3 Å². The maximum Gasteiger partial charge on any atom is 0.237 e. The van der Waals surface area contributed by atoms with Gasteiger partial charge in [-0.15, -0.1) is 0 Å². The van der Waals surface area contributed by atoms with Crippen LogP contribution in [0.25, 0.3) is 0 Å². The zero-order valence-corrected chi connectivity index (χ0v) is 14.6. The van der Waals surface area contributed by atoms with Crippen LogP contribution in [0, 0.1) is 0 Å². The Kier molecular flexibility index (Phi) is 6.24. The molecule has 1 aromatic carbocycles. The summed E-state index contributed by atoms with van der Waals surface area (Å²) in [6.07, 6.45) is 3.55. The van der Waals surface area contributed by atoms with Crippen LogP contribution < -0.4 is 10.6 Å². The van der Waals surface area contributed by atoms with E-state index < -0.39 is 0 Å². The summed E-state index contributed by atoms with van der Waals surface area (Å²) in [6.45, 7) is 6.63. The van der Waals surface area contributed by atoms with Gasteiger partial charge in [-0.1, -0.05) is 31.2 Å². The molecule has 2 fully saturated rings. The van der Waals surface area contributed by atoms with Crippen molar-refractivity contribution in [3.05, 3.63) is 35.4 Å². The van der Waals surface area contributed by atoms with Gasteiger partial charge in [-0.2, -0.15) is 0 Å². The van der Waals surface area contributed by atoms with E-state index in [2.05, 4.69) is 41.8 Å². The molecular formula is C19H29N3O2. The molecule has 0 radical (unpaired) electrons. The minimum atomic E-state index is 0.127. The summed E-state index contributed by atoms with van der Waals surface area (Å²) in [5, 5.41) is 6.69. The minimum absolute atomic E-state index is 0.127. The number of hydrogen-bond donors (Lipinski definition) is 2. The summed E-state index contributed by atoms with van der Waals surface area (Å²) in [5.41, 5.74) is 2.55. The van der Waals surface area contributed by atoms with Crippen molar-refractivity contribution in [1.82, 2.24) is 15.5 Å². The normalized spacial score (nSPS) is 24.3. The number of carbonyl (C=O) groups is 1. The van der Waals surface area contributed by atoms with Gasteiger partial charge >= 0.3 is 0 Å². The Hall–Kier alpha value is -1.43. The third-order valence-corrected chi connectivity index (χ3v) is 5.01. The summed E-state index contributed by atoms with van der Waals surface area (Å²) in [5.74, 6) is 0.180. The van der Waals surface area contributed by atoms with Crippen LogP contribution in [0.4, 0.5) is 0 Å². The number of aryl methyl sites for hydroxylation is 1. The van der Waals surface area contributed by atoms with Crippen molar-refractivity contribution in [3.8, 4) is 0 Å². The van der Waals surface area contributed by atoms with E-state index >= 15 is 0 Å². The number of amides is 1. The van der Waals surface area contributed by atoms with Crippen molar-refractivity contribution in [1.29, 1.82) is 0 Å². The predicted octanol–water partition coefficient (Wildman–Crippen LogP) is 1.49. The number of ether oxygens (including phenoxy) is 1. The van der Waals surface area contributed by atoms with Gasteiger partial charge in [0.25, 0.3) is 0 Å². The summed E-state index contributed by atoms with van der Waals surface area (Å²) in [4.78, 5) is 14.7. The fraction of sp³-hybridized carbons (Fsp3) is 0.632. The number of rotatable bonds is 6. The van der Waals surface area contributed by atoms with Crippen LogP contribution in [0.2, 0.25) is 0 Å². The largest absolute Gasteiger partial charge is 0.377 e. The van der Waals surface area contributed by atoms with Gasteiger partial charge in [0.1, 0.15) is 0 Å². The van der Waals surface area contributed by atoms with Crippen LogP contribution in [-0.4, -0.2) is 56.2 Å². The van der Waals surface area contributed by atoms with Gasteiger partial charge in [0.15, 0.2) is 0 Å². The maximum atomic E-state index is 12.7. The molecular weight excluding hydrogens is 302 g/mol. The Morgan fingerprint density at radius 2 is 2.21 bits per heavy atom. The van der Waals surface area contributed by atoms with Crippen LogP contribution in [-0.2, 0) is 16.0 Å². The van der Waals surface area contributed by atoms with Crippen molar-refractivity contribution in [3.63, 3.8) is 0 Å². The Bertz CT molecular complexity index is 526. The minimum Gasteiger partial charge on any atom is -0.377 e. The first-order valence-electron chi connectivity index (χ1n) is 9.19. The lowest BCUT2D eigenvalue weighted by atomic mass is 10.0. The van der Waals surface area contributed by atoms with E-state index in [1.165, 1.54) is 11.1 Å². The molecule has 2 aliphatic rings. The quantitative estimate of drug-likeness (QED) is 0.829. The third-order valence-electron chi connectivity index (χ3n) is 5.01. The molecule has 24 heavy (non-hydrogen) atoms. The lowest BCUT2D eigenvalue weighted by molar-refractivity contribution is -0.133. The van der Waals surface area contributed by atoms with Crippen molar-refractivity contribution in [2.24, 2.45) is 0 Å². The second kappa shape index (κ2) is 8.60. The van der Waals surface area contributed by atoms with E-state index in [0.717, 1.165) is 52.0 Å². The smallest absolute Gasteiger partial charge is 0.237 e. The summed E-state index contributed by atoms with van der Waals surface area (Å²) in [7, 11) is 0. The van der Waals surface area contributed by atoms with Gasteiger partial charge in [0.2, 0.25) is 5.91 Å². The summed E-state index contributed by atoms with van der Waals surface area (Å²) < 4.78 is 5.60. The number of nitrogens with zero attached hydrogens (tertiary/aromatic N) is 1. The van der Waals surface area contributed by atoms with Crippen LogP contribution in [0.3, 0.4) is 0 Å². The van der Waals surface area contributed by atoms with E-state index in [1.54, 1.807) is 0 Å². The molecule has 0 spiro atoms. The summed E-state index contributed by atoms with van der Waals surface area (Å²) in [6, 6.07) is 8.79. The van der Waals surface area contributed by atoms with Gasteiger partial charge in [-0.05, 0) is 30.4 Å². The first-order chi connectivity index (χ1) is 11.8. The Morgan fingerprint density at radius 1 is 1.38 bits per heavy atom. The topological polar surface area (TPSA) is 53.6 Å². The standard InChI is InChI=1S/C19H29N3O2/c1-2-15-5-7-16(8-6-15)18-13-20-9-10-22(18)19(23)14-21-12-17-4-3-11-24-17/h5-8,17-18,20-21H,2-4,9-14H2,1H3. The predicted molar refractivity (Wildman–Crippen MR) is 95.0 cm³/mol. The highest BCUT2D eigenvalue weighted by Gasteiger charge is 2.27. The SMILES string of the molecule is CCc1ccc(C2CNCCN2C(=O)CNCC2CCCO2)cc1. The monoisotopic (exact) mass is 331 g/mol. The first kappa shape index (κ1) is 17.4. The molecule has 0 bridgehead atoms. The molecule has 0 aliphatic carbocycles. The highest BCUT2D eigenvalue weighted by atomic mass is 16.5. The molecule has 2 aliphatic heterocycles. The van der Waals surface area contributed by atoms with Crippen molar-refractivity contribution in [2.75, 3.05) is 39.3 Å². The molecule has 0 aromatic heterocycles. The average Bonchev–Trinajstić information content (AvgIpc) is 3.15. The molecule has 2 N–H and O–H groups in total. The van der Waals surface area contributed by atoms with E-state index in [0.29, 0.717) is 6.54 Å². The second-order valence-electron chi connectivity index (χ2n) is 6.67. The Labute approximate surface area is 144 Å². The van der Waals surface area contributed by atoms with Gasteiger partial charge in [-0.25, -0.2) is 0 Å². The molecule has 0 saturated carbocycles. The first-order valence-corrected chi connectivity index (χ1v) is 9.19. The third kappa shape index (κ3) is 4.35. The molecule has 3 rings (SSSR count). The highest BCUT2D eigenvalue weighted by Crippen LogP contribution is 2.23. The Morgan fingerprint density at radius 3 is 2.92 bits per heavy atom. The van der Waals surface area contributed by atoms with Gasteiger partial charge in [0, 0.05) is 32.8 Å². The molecule has 132 valence electrons.